The van der Waals surface area contributed by atoms with Crippen LogP contribution in [0.15, 0.2) is 67.3 Å². The highest BCUT2D eigenvalue weighted by Crippen LogP contribution is 2.29. The summed E-state index contributed by atoms with van der Waals surface area (Å²) in [6.07, 6.45) is 4.38. The summed E-state index contributed by atoms with van der Waals surface area (Å²) in [5.74, 6) is -0.146. The van der Waals surface area contributed by atoms with Gasteiger partial charge in [0.05, 0.1) is 22.6 Å². The molecule has 1 aliphatic rings. The number of pyridine rings is 1. The topological polar surface area (TPSA) is 91.6 Å². The fraction of sp³-hybridized carbons (Fsp3) is 0.200. The van der Waals surface area contributed by atoms with Gasteiger partial charge in [-0.25, -0.2) is 14.8 Å². The van der Waals surface area contributed by atoms with Crippen LogP contribution in [0.2, 0.25) is 5.02 Å². The summed E-state index contributed by atoms with van der Waals surface area (Å²) in [5.41, 5.74) is 3.73. The van der Waals surface area contributed by atoms with Gasteiger partial charge in [-0.15, -0.1) is 0 Å². The summed E-state index contributed by atoms with van der Waals surface area (Å²) in [6.45, 7) is 2.80. The zero-order valence-corrected chi connectivity index (χ0v) is 19.2. The second-order valence-electron chi connectivity index (χ2n) is 8.31. The lowest BCUT2D eigenvalue weighted by Crippen LogP contribution is -2.55. The van der Waals surface area contributed by atoms with Gasteiger partial charge in [0, 0.05) is 60.3 Å². The van der Waals surface area contributed by atoms with E-state index in [9.17, 15) is 14.7 Å². The number of imidazole rings is 1. The molecule has 1 fully saturated rings. The normalized spacial score (nSPS) is 16.1. The van der Waals surface area contributed by atoms with Gasteiger partial charge >= 0.3 is 6.09 Å². The molecule has 2 aromatic carbocycles. The van der Waals surface area contributed by atoms with E-state index >= 15 is 0 Å². The van der Waals surface area contributed by atoms with Gasteiger partial charge in [0.2, 0.25) is 0 Å². The number of nitrogens with zero attached hydrogens (tertiary/aromatic N) is 5. The number of benzene rings is 2. The van der Waals surface area contributed by atoms with E-state index in [1.807, 2.05) is 41.1 Å². The predicted molar refractivity (Wildman–Crippen MR) is 129 cm³/mol. The van der Waals surface area contributed by atoms with E-state index in [1.165, 1.54) is 4.90 Å². The minimum atomic E-state index is -0.963. The summed E-state index contributed by atoms with van der Waals surface area (Å²) < 4.78 is 1.92. The van der Waals surface area contributed by atoms with Crippen molar-refractivity contribution in [3.8, 4) is 16.9 Å². The molecule has 0 spiro atoms. The van der Waals surface area contributed by atoms with Crippen LogP contribution in [0.3, 0.4) is 0 Å². The lowest BCUT2D eigenvalue weighted by Gasteiger charge is -2.38. The molecule has 8 nitrogen and oxygen atoms in total. The summed E-state index contributed by atoms with van der Waals surface area (Å²) in [7, 11) is 0. The highest BCUT2D eigenvalue weighted by Gasteiger charge is 2.30. The third-order valence-corrected chi connectivity index (χ3v) is 6.45. The molecule has 2 amide bonds. The third-order valence-electron chi connectivity index (χ3n) is 6.13. The van der Waals surface area contributed by atoms with Crippen LogP contribution in [0.4, 0.5) is 4.79 Å². The number of amides is 2. The smallest absolute Gasteiger partial charge is 0.407 e. The Morgan fingerprint density at radius 3 is 2.56 bits per heavy atom. The number of hydrogen-bond acceptors (Lipinski definition) is 4. The Balaban J connectivity index is 1.43. The van der Waals surface area contributed by atoms with Crippen LogP contribution in [-0.2, 0) is 0 Å². The Labute approximate surface area is 201 Å². The molecule has 3 heterocycles. The monoisotopic (exact) mass is 475 g/mol. The molecule has 0 aliphatic carbocycles. The first-order valence-corrected chi connectivity index (χ1v) is 11.3. The molecule has 0 bridgehead atoms. The number of rotatable bonds is 3. The zero-order chi connectivity index (χ0) is 23.8. The first kappa shape index (κ1) is 21.9. The van der Waals surface area contributed by atoms with Gasteiger partial charge in [0.25, 0.3) is 5.91 Å². The maximum absolute atomic E-state index is 13.1. The van der Waals surface area contributed by atoms with Gasteiger partial charge in [-0.2, -0.15) is 0 Å². The lowest BCUT2D eigenvalue weighted by molar-refractivity contribution is 0.0507. The quantitative estimate of drug-likeness (QED) is 0.469. The Morgan fingerprint density at radius 2 is 1.88 bits per heavy atom. The molecule has 0 saturated carbocycles. The predicted octanol–water partition coefficient (Wildman–Crippen LogP) is 4.57. The Kier molecular flexibility index (Phi) is 5.67. The van der Waals surface area contributed by atoms with Crippen LogP contribution in [0.25, 0.3) is 27.8 Å². The van der Waals surface area contributed by atoms with E-state index < -0.39 is 6.09 Å². The van der Waals surface area contributed by atoms with E-state index in [4.69, 9.17) is 16.6 Å². The molecule has 1 N–H and O–H groups in total. The van der Waals surface area contributed by atoms with Gasteiger partial charge in [-0.05, 0) is 37.3 Å². The van der Waals surface area contributed by atoms with Gasteiger partial charge in [-0.3, -0.25) is 4.79 Å². The van der Waals surface area contributed by atoms with Crippen molar-refractivity contribution in [2.24, 2.45) is 0 Å². The molecule has 34 heavy (non-hydrogen) atoms. The number of carbonyl (C=O) groups excluding carboxylic acids is 1. The third kappa shape index (κ3) is 4.08. The standard InChI is InChI=1S/C25H22ClN5O3/c1-16-14-29(10-11-31(16)25(33)34)24(32)18-4-7-20-21(26)13-22(28-23(20)12-18)17-2-5-19(6-3-17)30-9-8-27-15-30/h2-9,12-13,15-16H,10-11,14H2,1H3,(H,33,34)/t16-/m1/s1. The molecule has 9 heteroatoms. The van der Waals surface area contributed by atoms with Crippen molar-refractivity contribution in [2.75, 3.05) is 19.6 Å². The van der Waals surface area contributed by atoms with Crippen LogP contribution in [0.1, 0.15) is 17.3 Å². The number of halogens is 1. The minimum Gasteiger partial charge on any atom is -0.465 e. The first-order valence-electron chi connectivity index (χ1n) is 10.9. The molecule has 172 valence electrons. The molecule has 1 saturated heterocycles. The zero-order valence-electron chi connectivity index (χ0n) is 18.4. The molecule has 2 aromatic heterocycles. The molecular weight excluding hydrogens is 454 g/mol. The number of hydrogen-bond donors (Lipinski definition) is 1. The Morgan fingerprint density at radius 1 is 1.09 bits per heavy atom. The average molecular weight is 476 g/mol. The minimum absolute atomic E-state index is 0.146. The molecule has 5 rings (SSSR count). The molecule has 0 unspecified atom stereocenters. The highest BCUT2D eigenvalue weighted by molar-refractivity contribution is 6.35. The summed E-state index contributed by atoms with van der Waals surface area (Å²) in [5, 5.41) is 10.6. The van der Waals surface area contributed by atoms with E-state index in [2.05, 4.69) is 4.98 Å². The van der Waals surface area contributed by atoms with Crippen LogP contribution in [0, 0.1) is 0 Å². The molecule has 4 aromatic rings. The lowest BCUT2D eigenvalue weighted by atomic mass is 10.1. The van der Waals surface area contributed by atoms with Crippen LogP contribution in [-0.4, -0.2) is 67.1 Å². The highest BCUT2D eigenvalue weighted by atomic mass is 35.5. The van der Waals surface area contributed by atoms with Crippen molar-refractivity contribution in [1.29, 1.82) is 0 Å². The molecule has 0 radical (unpaired) electrons. The number of aromatic nitrogens is 3. The fourth-order valence-electron chi connectivity index (χ4n) is 4.29. The van der Waals surface area contributed by atoms with Crippen molar-refractivity contribution >= 4 is 34.5 Å². The van der Waals surface area contributed by atoms with Crippen molar-refractivity contribution < 1.29 is 14.7 Å². The Hall–Kier alpha value is -3.91. The van der Waals surface area contributed by atoms with E-state index in [0.717, 1.165) is 16.6 Å². The van der Waals surface area contributed by atoms with Crippen LogP contribution >= 0.6 is 11.6 Å². The van der Waals surface area contributed by atoms with Crippen LogP contribution < -0.4 is 0 Å². The average Bonchev–Trinajstić information content (AvgIpc) is 3.38. The van der Waals surface area contributed by atoms with Crippen LogP contribution in [0.5, 0.6) is 0 Å². The maximum Gasteiger partial charge on any atom is 0.407 e. The first-order chi connectivity index (χ1) is 16.4. The fourth-order valence-corrected chi connectivity index (χ4v) is 4.56. The molecular formula is C25H22ClN5O3. The number of piperazine rings is 1. The van der Waals surface area contributed by atoms with Gasteiger partial charge in [0.1, 0.15) is 0 Å². The van der Waals surface area contributed by atoms with Crippen molar-refractivity contribution in [1.82, 2.24) is 24.3 Å². The SMILES string of the molecule is C[C@@H]1CN(C(=O)c2ccc3c(Cl)cc(-c4ccc(-n5ccnc5)cc4)nc3c2)CCN1C(=O)O. The second-order valence-corrected chi connectivity index (χ2v) is 8.72. The summed E-state index contributed by atoms with van der Waals surface area (Å²) in [6, 6.07) is 14.8. The summed E-state index contributed by atoms with van der Waals surface area (Å²) in [4.78, 5) is 36.4. The number of fused-ring (bicyclic) bond motifs is 1. The maximum atomic E-state index is 13.1. The summed E-state index contributed by atoms with van der Waals surface area (Å²) >= 11 is 6.56. The molecule has 1 atom stereocenters. The number of carboxylic acid groups (broad SMARTS) is 1. The van der Waals surface area contributed by atoms with Gasteiger partial charge in [0.15, 0.2) is 0 Å². The second kappa shape index (κ2) is 8.79. The van der Waals surface area contributed by atoms with E-state index in [0.29, 0.717) is 41.4 Å². The van der Waals surface area contributed by atoms with Crippen molar-refractivity contribution in [3.05, 3.63) is 77.8 Å². The van der Waals surface area contributed by atoms with Gasteiger partial charge < -0.3 is 19.5 Å². The van der Waals surface area contributed by atoms with E-state index in [1.54, 1.807) is 42.5 Å². The van der Waals surface area contributed by atoms with E-state index in [-0.39, 0.29) is 11.9 Å². The van der Waals surface area contributed by atoms with Gasteiger partial charge in [-0.1, -0.05) is 29.8 Å². The largest absolute Gasteiger partial charge is 0.465 e. The number of carbonyl (C=O) groups is 2. The van der Waals surface area contributed by atoms with Crippen molar-refractivity contribution in [2.45, 2.75) is 13.0 Å². The Bertz CT molecular complexity index is 1370. The van der Waals surface area contributed by atoms with Crippen molar-refractivity contribution in [3.63, 3.8) is 0 Å². The molecule has 1 aliphatic heterocycles.